The van der Waals surface area contributed by atoms with E-state index < -0.39 is 5.24 Å². The molecule has 0 N–H and O–H groups in total. The molecule has 0 aromatic heterocycles. The molecule has 13 heavy (non-hydrogen) atoms. The van der Waals surface area contributed by atoms with Gasteiger partial charge in [0.05, 0.1) is 12.7 Å². The summed E-state index contributed by atoms with van der Waals surface area (Å²) in [6, 6.07) is 0. The van der Waals surface area contributed by atoms with Crippen LogP contribution in [-0.4, -0.2) is 18.3 Å². The first kappa shape index (κ1) is 9.78. The Bertz CT molecular complexity index is 346. The normalized spacial score (nSPS) is 15.7. The van der Waals surface area contributed by atoms with Gasteiger partial charge in [-0.1, -0.05) is 0 Å². The van der Waals surface area contributed by atoms with Crippen LogP contribution in [0.4, 0.5) is 0 Å². The van der Waals surface area contributed by atoms with Gasteiger partial charge in [0, 0.05) is 12.0 Å². The first-order chi connectivity index (χ1) is 6.19. The Balaban J connectivity index is 3.07. The van der Waals surface area contributed by atoms with Crippen LogP contribution in [-0.2, 0) is 14.3 Å². The molecule has 0 aromatic rings. The molecule has 0 saturated carbocycles. The third-order valence-corrected chi connectivity index (χ3v) is 1.90. The van der Waals surface area contributed by atoms with E-state index in [-0.39, 0.29) is 6.42 Å². The summed E-state index contributed by atoms with van der Waals surface area (Å²) in [5.41, 5.74) is 0.738. The van der Waals surface area contributed by atoms with Crippen molar-refractivity contribution in [3.05, 3.63) is 29.1 Å². The fourth-order valence-electron chi connectivity index (χ4n) is 1.03. The van der Waals surface area contributed by atoms with Crippen LogP contribution in [0.5, 0.6) is 0 Å². The van der Waals surface area contributed by atoms with Gasteiger partial charge in [0.2, 0.25) is 0 Å². The van der Waals surface area contributed by atoms with Gasteiger partial charge < -0.3 is 4.74 Å². The summed E-state index contributed by atoms with van der Waals surface area (Å²) in [6.45, 7) is 0. The zero-order valence-corrected chi connectivity index (χ0v) is 7.72. The summed E-state index contributed by atoms with van der Waals surface area (Å²) in [4.78, 5) is 21.1. The van der Waals surface area contributed by atoms with Crippen molar-refractivity contribution in [1.29, 1.82) is 0 Å². The number of carbonyl (C=O) groups is 1. The van der Waals surface area contributed by atoms with Gasteiger partial charge in [0.25, 0.3) is 5.24 Å². The summed E-state index contributed by atoms with van der Waals surface area (Å²) in [6.07, 6.45) is 3.23. The lowest BCUT2D eigenvalue weighted by Crippen LogP contribution is -2.04. The minimum Gasteiger partial charge on any atom is -0.500 e. The first-order valence-electron chi connectivity index (χ1n) is 3.58. The summed E-state index contributed by atoms with van der Waals surface area (Å²) in [5.74, 6) is 2.14. The van der Waals surface area contributed by atoms with Gasteiger partial charge in [0.1, 0.15) is 11.7 Å². The lowest BCUT2D eigenvalue weighted by Gasteiger charge is -2.11. The molecular formula is C9H7ClO3. The highest BCUT2D eigenvalue weighted by atomic mass is 35.5. The molecule has 0 saturated heterocycles. The van der Waals surface area contributed by atoms with Gasteiger partial charge in [-0.05, 0) is 23.8 Å². The fourth-order valence-corrected chi connectivity index (χ4v) is 1.20. The van der Waals surface area contributed by atoms with Crippen LogP contribution < -0.4 is 0 Å². The molecule has 0 aliphatic heterocycles. The molecule has 0 bridgehead atoms. The SMILES string of the molecule is COC1=C(C(=O)Cl)C=CC(=C=O)C1. The fraction of sp³-hybridized carbons (Fsp3) is 0.222. The van der Waals surface area contributed by atoms with Crippen molar-refractivity contribution in [1.82, 2.24) is 0 Å². The smallest absolute Gasteiger partial charge is 0.255 e. The minimum atomic E-state index is -0.585. The molecule has 4 heteroatoms. The molecule has 0 spiro atoms. The lowest BCUT2D eigenvalue weighted by atomic mass is 10.0. The summed E-state index contributed by atoms with van der Waals surface area (Å²) < 4.78 is 4.92. The van der Waals surface area contributed by atoms with Crippen LogP contribution in [0.25, 0.3) is 0 Å². The predicted molar refractivity (Wildman–Crippen MR) is 47.9 cm³/mol. The monoisotopic (exact) mass is 198 g/mol. The average molecular weight is 199 g/mol. The second kappa shape index (κ2) is 4.08. The Morgan fingerprint density at radius 2 is 2.31 bits per heavy atom. The standard InChI is InChI=1S/C9H7ClO3/c1-13-8-4-6(5-11)2-3-7(8)9(10)12/h2-3H,4H2,1H3. The second-order valence-corrected chi connectivity index (χ2v) is 2.80. The topological polar surface area (TPSA) is 43.4 Å². The van der Waals surface area contributed by atoms with Crippen LogP contribution >= 0.6 is 11.6 Å². The van der Waals surface area contributed by atoms with Gasteiger partial charge in [0.15, 0.2) is 0 Å². The molecule has 0 aromatic carbocycles. The molecule has 68 valence electrons. The van der Waals surface area contributed by atoms with Crippen molar-refractivity contribution in [3.8, 4) is 0 Å². The van der Waals surface area contributed by atoms with E-state index in [1.807, 2.05) is 0 Å². The number of methoxy groups -OCH3 is 1. The Labute approximate surface area is 80.3 Å². The molecule has 0 fully saturated rings. The zero-order valence-electron chi connectivity index (χ0n) is 6.96. The third-order valence-electron chi connectivity index (χ3n) is 1.69. The van der Waals surface area contributed by atoms with Crippen molar-refractivity contribution >= 4 is 22.8 Å². The molecule has 0 amide bonds. The number of carbonyl (C=O) groups excluding carboxylic acids is 2. The quantitative estimate of drug-likeness (QED) is 0.497. The summed E-state index contributed by atoms with van der Waals surface area (Å²) in [5, 5.41) is -0.585. The van der Waals surface area contributed by atoms with Gasteiger partial charge in [-0.25, -0.2) is 4.79 Å². The molecular weight excluding hydrogens is 192 g/mol. The van der Waals surface area contributed by atoms with Gasteiger partial charge in [-0.15, -0.1) is 0 Å². The number of hydrogen-bond donors (Lipinski definition) is 0. The Kier molecular flexibility index (Phi) is 3.07. The Morgan fingerprint density at radius 1 is 1.62 bits per heavy atom. The Morgan fingerprint density at radius 3 is 2.77 bits per heavy atom. The van der Waals surface area contributed by atoms with Crippen LogP contribution in [0.3, 0.4) is 0 Å². The van der Waals surface area contributed by atoms with Crippen molar-refractivity contribution in [2.24, 2.45) is 0 Å². The molecule has 1 rings (SSSR count). The first-order valence-corrected chi connectivity index (χ1v) is 3.96. The van der Waals surface area contributed by atoms with E-state index >= 15 is 0 Å². The van der Waals surface area contributed by atoms with E-state index in [9.17, 15) is 9.59 Å². The van der Waals surface area contributed by atoms with Crippen LogP contribution in [0, 0.1) is 0 Å². The largest absolute Gasteiger partial charge is 0.500 e. The van der Waals surface area contributed by atoms with Crippen LogP contribution in [0.1, 0.15) is 6.42 Å². The number of hydrogen-bond acceptors (Lipinski definition) is 3. The maximum atomic E-state index is 10.8. The highest BCUT2D eigenvalue weighted by Crippen LogP contribution is 2.23. The van der Waals surface area contributed by atoms with Crippen molar-refractivity contribution in [3.63, 3.8) is 0 Å². The van der Waals surface area contributed by atoms with Gasteiger partial charge in [-0.2, -0.15) is 0 Å². The van der Waals surface area contributed by atoms with E-state index in [1.165, 1.54) is 19.3 Å². The molecule has 1 aliphatic carbocycles. The van der Waals surface area contributed by atoms with Crippen LogP contribution in [0.15, 0.2) is 29.1 Å². The van der Waals surface area contributed by atoms with Crippen molar-refractivity contribution in [2.45, 2.75) is 6.42 Å². The van der Waals surface area contributed by atoms with Crippen molar-refractivity contribution in [2.75, 3.05) is 7.11 Å². The summed E-state index contributed by atoms with van der Waals surface area (Å²) in [7, 11) is 1.43. The molecule has 0 radical (unpaired) electrons. The molecule has 1 aliphatic rings. The Hall–Kier alpha value is -1.31. The van der Waals surface area contributed by atoms with Gasteiger partial charge in [-0.3, -0.25) is 4.79 Å². The minimum absolute atomic E-state index is 0.268. The highest BCUT2D eigenvalue weighted by Gasteiger charge is 2.16. The maximum Gasteiger partial charge on any atom is 0.255 e. The lowest BCUT2D eigenvalue weighted by molar-refractivity contribution is -0.108. The van der Waals surface area contributed by atoms with E-state index in [0.717, 1.165) is 0 Å². The number of halogens is 1. The second-order valence-electron chi connectivity index (χ2n) is 2.45. The van der Waals surface area contributed by atoms with Crippen molar-refractivity contribution < 1.29 is 14.3 Å². The molecule has 0 heterocycles. The highest BCUT2D eigenvalue weighted by molar-refractivity contribution is 6.68. The zero-order chi connectivity index (χ0) is 9.84. The van der Waals surface area contributed by atoms with Gasteiger partial charge >= 0.3 is 0 Å². The number of ether oxygens (including phenoxy) is 1. The molecule has 0 atom stereocenters. The van der Waals surface area contributed by atoms with E-state index in [4.69, 9.17) is 16.3 Å². The number of rotatable bonds is 2. The maximum absolute atomic E-state index is 10.8. The number of allylic oxidation sites excluding steroid dienone is 4. The average Bonchev–Trinajstić information content (AvgIpc) is 2.16. The van der Waals surface area contributed by atoms with Crippen LogP contribution in [0.2, 0.25) is 0 Å². The van der Waals surface area contributed by atoms with E-state index in [1.54, 1.807) is 5.94 Å². The summed E-state index contributed by atoms with van der Waals surface area (Å²) >= 11 is 5.29. The predicted octanol–water partition coefficient (Wildman–Crippen LogP) is 1.37. The third kappa shape index (κ3) is 2.08. The van der Waals surface area contributed by atoms with E-state index in [0.29, 0.717) is 16.9 Å². The molecule has 3 nitrogen and oxygen atoms in total. The molecule has 0 unspecified atom stereocenters. The van der Waals surface area contributed by atoms with E-state index in [2.05, 4.69) is 0 Å².